The minimum Gasteiger partial charge on any atom is -0.392 e. The van der Waals surface area contributed by atoms with Gasteiger partial charge in [0.05, 0.1) is 49.0 Å². The highest BCUT2D eigenvalue weighted by Gasteiger charge is 2.19. The molecule has 5 rings (SSSR count). The first-order valence-corrected chi connectivity index (χ1v) is 16.0. The lowest BCUT2D eigenvalue weighted by Crippen LogP contribution is -2.20. The van der Waals surface area contributed by atoms with E-state index in [0.29, 0.717) is 13.2 Å². The summed E-state index contributed by atoms with van der Waals surface area (Å²) in [5, 5.41) is 21.3. The van der Waals surface area contributed by atoms with Crippen LogP contribution in [0.3, 0.4) is 0 Å². The highest BCUT2D eigenvalue weighted by Crippen LogP contribution is 2.35. The molecule has 2 heterocycles. The third kappa shape index (κ3) is 10.9. The zero-order chi connectivity index (χ0) is 30.0. The SMILES string of the molecule is CCC(COCc1ccccc1)O[C@H](C)c1scc2c(SC)ncnc12.OCc1ccccc1.OCc1ccccc1. The molecule has 0 spiro atoms. The summed E-state index contributed by atoms with van der Waals surface area (Å²) in [4.78, 5) is 9.97. The molecule has 2 N–H and O–H groups in total. The lowest BCUT2D eigenvalue weighted by molar-refractivity contribution is -0.0557. The van der Waals surface area contributed by atoms with Gasteiger partial charge in [0.1, 0.15) is 11.4 Å². The van der Waals surface area contributed by atoms with Gasteiger partial charge < -0.3 is 19.7 Å². The summed E-state index contributed by atoms with van der Waals surface area (Å²) >= 11 is 3.34. The van der Waals surface area contributed by atoms with Crippen molar-refractivity contribution in [3.05, 3.63) is 124 Å². The molecule has 5 aromatic rings. The quantitative estimate of drug-likeness (QED) is 0.117. The molecule has 222 valence electrons. The zero-order valence-electron chi connectivity index (χ0n) is 24.4. The maximum Gasteiger partial charge on any atom is 0.117 e. The van der Waals surface area contributed by atoms with Gasteiger partial charge in [-0.15, -0.1) is 23.1 Å². The van der Waals surface area contributed by atoms with Crippen LogP contribution in [0.4, 0.5) is 0 Å². The number of aliphatic hydroxyl groups excluding tert-OH is 2. The van der Waals surface area contributed by atoms with Crippen LogP contribution in [0, 0.1) is 0 Å². The van der Waals surface area contributed by atoms with Gasteiger partial charge in [0.2, 0.25) is 0 Å². The van der Waals surface area contributed by atoms with E-state index < -0.39 is 0 Å². The van der Waals surface area contributed by atoms with Crippen LogP contribution in [0.15, 0.2) is 108 Å². The van der Waals surface area contributed by atoms with Crippen LogP contribution in [-0.4, -0.2) is 39.1 Å². The predicted molar refractivity (Wildman–Crippen MR) is 174 cm³/mol. The van der Waals surface area contributed by atoms with Crippen LogP contribution in [0.2, 0.25) is 0 Å². The van der Waals surface area contributed by atoms with E-state index in [4.69, 9.17) is 19.7 Å². The summed E-state index contributed by atoms with van der Waals surface area (Å²) in [5.74, 6) is 0. The first kappa shape index (κ1) is 33.4. The molecule has 0 radical (unpaired) electrons. The van der Waals surface area contributed by atoms with Gasteiger partial charge in [0.15, 0.2) is 0 Å². The van der Waals surface area contributed by atoms with Crippen molar-refractivity contribution in [2.24, 2.45) is 0 Å². The van der Waals surface area contributed by atoms with E-state index in [0.717, 1.165) is 38.4 Å². The number of fused-ring (bicyclic) bond motifs is 1. The molecule has 0 saturated heterocycles. The fraction of sp³-hybridized carbons (Fsp3) is 0.294. The smallest absolute Gasteiger partial charge is 0.117 e. The molecular weight excluding hydrogens is 565 g/mol. The number of hydrogen-bond donors (Lipinski definition) is 2. The van der Waals surface area contributed by atoms with Gasteiger partial charge in [-0.25, -0.2) is 9.97 Å². The largest absolute Gasteiger partial charge is 0.392 e. The molecule has 0 amide bonds. The lowest BCUT2D eigenvalue weighted by atomic mass is 10.2. The summed E-state index contributed by atoms with van der Waals surface area (Å²) in [6.07, 6.45) is 4.63. The molecule has 0 aliphatic heterocycles. The third-order valence-electron chi connectivity index (χ3n) is 6.27. The molecule has 0 saturated carbocycles. The predicted octanol–water partition coefficient (Wildman–Crippen LogP) is 7.84. The highest BCUT2D eigenvalue weighted by molar-refractivity contribution is 7.98. The fourth-order valence-corrected chi connectivity index (χ4v) is 5.56. The van der Waals surface area contributed by atoms with E-state index in [-0.39, 0.29) is 25.4 Å². The molecule has 0 aliphatic rings. The Morgan fingerprint density at radius 3 is 1.83 bits per heavy atom. The topological polar surface area (TPSA) is 84.7 Å². The summed E-state index contributed by atoms with van der Waals surface area (Å²) in [5.41, 5.74) is 4.11. The van der Waals surface area contributed by atoms with E-state index in [9.17, 15) is 0 Å². The van der Waals surface area contributed by atoms with Crippen LogP contribution in [0.25, 0.3) is 10.9 Å². The van der Waals surface area contributed by atoms with Gasteiger partial charge in [0, 0.05) is 10.8 Å². The number of nitrogens with zero attached hydrogens (tertiary/aromatic N) is 2. The number of aromatic nitrogens is 2. The van der Waals surface area contributed by atoms with Gasteiger partial charge in [-0.3, -0.25) is 0 Å². The average molecular weight is 605 g/mol. The van der Waals surface area contributed by atoms with Gasteiger partial charge >= 0.3 is 0 Å². The van der Waals surface area contributed by atoms with Gasteiger partial charge in [-0.05, 0) is 36.3 Å². The maximum absolute atomic E-state index is 8.54. The minimum absolute atomic E-state index is 0.0209. The van der Waals surface area contributed by atoms with E-state index in [2.05, 4.69) is 41.3 Å². The van der Waals surface area contributed by atoms with Crippen LogP contribution >= 0.6 is 23.1 Å². The van der Waals surface area contributed by atoms with E-state index >= 15 is 0 Å². The number of thiophene rings is 1. The molecule has 6 nitrogen and oxygen atoms in total. The number of thioether (sulfide) groups is 1. The molecule has 0 fully saturated rings. The number of rotatable bonds is 11. The van der Waals surface area contributed by atoms with Crippen molar-refractivity contribution in [1.82, 2.24) is 9.97 Å². The van der Waals surface area contributed by atoms with Crippen molar-refractivity contribution in [2.45, 2.75) is 57.3 Å². The number of hydrogen-bond acceptors (Lipinski definition) is 8. The molecule has 3 aromatic carbocycles. The summed E-state index contributed by atoms with van der Waals surface area (Å²) in [6.45, 7) is 5.70. The van der Waals surface area contributed by atoms with Gasteiger partial charge in [0.25, 0.3) is 0 Å². The second-order valence-electron chi connectivity index (χ2n) is 9.34. The Bertz CT molecular complexity index is 1360. The van der Waals surface area contributed by atoms with Crippen molar-refractivity contribution >= 4 is 34.0 Å². The molecule has 1 unspecified atom stereocenters. The Hall–Kier alpha value is -3.11. The highest BCUT2D eigenvalue weighted by atomic mass is 32.2. The van der Waals surface area contributed by atoms with Crippen LogP contribution in [0.1, 0.15) is 47.9 Å². The molecular formula is C34H40N2O4S2. The van der Waals surface area contributed by atoms with Crippen LogP contribution in [-0.2, 0) is 29.3 Å². The van der Waals surface area contributed by atoms with Gasteiger partial charge in [-0.1, -0.05) is 97.9 Å². The monoisotopic (exact) mass is 604 g/mol. The van der Waals surface area contributed by atoms with Crippen molar-refractivity contribution in [1.29, 1.82) is 0 Å². The Morgan fingerprint density at radius 1 is 0.810 bits per heavy atom. The van der Waals surface area contributed by atoms with Gasteiger partial charge in [-0.2, -0.15) is 0 Å². The third-order valence-corrected chi connectivity index (χ3v) is 8.11. The number of ether oxygens (including phenoxy) is 2. The summed E-state index contributed by atoms with van der Waals surface area (Å²) in [7, 11) is 0. The summed E-state index contributed by atoms with van der Waals surface area (Å²) < 4.78 is 12.1. The van der Waals surface area contributed by atoms with Crippen LogP contribution < -0.4 is 0 Å². The lowest BCUT2D eigenvalue weighted by Gasteiger charge is -2.21. The molecule has 0 bridgehead atoms. The minimum atomic E-state index is -0.0209. The van der Waals surface area contributed by atoms with E-state index in [1.807, 2.05) is 85.1 Å². The first-order chi connectivity index (χ1) is 20.6. The number of benzene rings is 3. The summed E-state index contributed by atoms with van der Waals surface area (Å²) in [6, 6.07) is 29.3. The van der Waals surface area contributed by atoms with Crippen molar-refractivity contribution in [3.8, 4) is 0 Å². The van der Waals surface area contributed by atoms with Crippen molar-refractivity contribution in [3.63, 3.8) is 0 Å². The number of aliphatic hydroxyl groups is 2. The molecule has 2 aromatic heterocycles. The molecule has 8 heteroatoms. The normalized spacial score (nSPS) is 12.0. The second-order valence-corrected chi connectivity index (χ2v) is 11.0. The second kappa shape index (κ2) is 19.2. The Balaban J connectivity index is 0.000000244. The first-order valence-electron chi connectivity index (χ1n) is 13.9. The Morgan fingerprint density at radius 2 is 1.36 bits per heavy atom. The zero-order valence-corrected chi connectivity index (χ0v) is 26.1. The fourth-order valence-electron chi connectivity index (χ4n) is 3.96. The van der Waals surface area contributed by atoms with Crippen molar-refractivity contribution < 1.29 is 19.7 Å². The Labute approximate surface area is 257 Å². The van der Waals surface area contributed by atoms with Crippen LogP contribution in [0.5, 0.6) is 0 Å². The molecule has 0 aliphatic carbocycles. The van der Waals surface area contributed by atoms with E-state index in [1.165, 1.54) is 5.56 Å². The maximum atomic E-state index is 8.54. The van der Waals surface area contributed by atoms with Crippen molar-refractivity contribution in [2.75, 3.05) is 12.9 Å². The molecule has 42 heavy (non-hydrogen) atoms. The standard InChI is InChI=1S/C20H24N2O2S2.2C7H8O/c1-4-16(11-23-10-15-8-6-5-7-9-15)24-14(2)19-18-17(12-26-19)20(25-3)22-13-21-18;2*8-6-7-4-2-1-3-5-7/h5-9,12-14,16H,4,10-11H2,1-3H3;2*1-5,8H,6H2/t14-,16?;;/m1../s1. The Kier molecular flexibility index (Phi) is 15.2. The average Bonchev–Trinajstić information content (AvgIpc) is 3.51. The van der Waals surface area contributed by atoms with E-state index in [1.54, 1.807) is 29.4 Å². The molecule has 2 atom stereocenters.